The topological polar surface area (TPSA) is 60.2 Å². The zero-order valence-electron chi connectivity index (χ0n) is 8.34. The summed E-state index contributed by atoms with van der Waals surface area (Å²) in [6.07, 6.45) is 1.73. The molecule has 0 radical (unpaired) electrons. The highest BCUT2D eigenvalue weighted by Gasteiger charge is 2.09. The van der Waals surface area contributed by atoms with Gasteiger partial charge in [-0.05, 0) is 37.9 Å². The number of anilines is 1. The molecule has 4 nitrogen and oxygen atoms in total. The maximum absolute atomic E-state index is 5.59. The van der Waals surface area contributed by atoms with E-state index in [1.807, 2.05) is 6.07 Å². The Hall–Kier alpha value is -0.170. The number of hydrogen-bond donors (Lipinski definition) is 2. The number of aromatic nitrogens is 1. The molecule has 1 aromatic rings. The number of pyridine rings is 1. The SMILES string of the molecule is COCC(CN)Nc1ncc(Br)cc1Br. The fraction of sp³-hybridized carbons (Fsp3) is 0.444. The van der Waals surface area contributed by atoms with E-state index in [0.717, 1.165) is 14.8 Å². The molecule has 1 atom stereocenters. The maximum Gasteiger partial charge on any atom is 0.140 e. The molecule has 1 unspecified atom stereocenters. The third kappa shape index (κ3) is 4.06. The zero-order valence-corrected chi connectivity index (χ0v) is 11.5. The van der Waals surface area contributed by atoms with E-state index in [0.29, 0.717) is 13.2 Å². The predicted molar refractivity (Wildman–Crippen MR) is 68.0 cm³/mol. The summed E-state index contributed by atoms with van der Waals surface area (Å²) in [4.78, 5) is 4.23. The Morgan fingerprint density at radius 1 is 1.60 bits per heavy atom. The van der Waals surface area contributed by atoms with Crippen molar-refractivity contribution in [3.63, 3.8) is 0 Å². The summed E-state index contributed by atoms with van der Waals surface area (Å²) >= 11 is 6.76. The molecule has 1 rings (SSSR count). The van der Waals surface area contributed by atoms with Gasteiger partial charge in [0.1, 0.15) is 5.82 Å². The van der Waals surface area contributed by atoms with Crippen LogP contribution in [0.15, 0.2) is 21.2 Å². The average Bonchev–Trinajstić information content (AvgIpc) is 2.21. The Balaban J connectivity index is 2.70. The Kier molecular flexibility index (Phi) is 5.52. The van der Waals surface area contributed by atoms with Crippen molar-refractivity contribution < 1.29 is 4.74 Å². The first-order valence-corrected chi connectivity index (χ1v) is 6.02. The van der Waals surface area contributed by atoms with Crippen molar-refractivity contribution in [2.24, 2.45) is 5.73 Å². The summed E-state index contributed by atoms with van der Waals surface area (Å²) in [5, 5.41) is 3.20. The lowest BCUT2D eigenvalue weighted by Gasteiger charge is -2.17. The molecule has 6 heteroatoms. The number of methoxy groups -OCH3 is 1. The van der Waals surface area contributed by atoms with E-state index in [9.17, 15) is 0 Å². The van der Waals surface area contributed by atoms with Crippen molar-refractivity contribution in [1.29, 1.82) is 0 Å². The second-order valence-electron chi connectivity index (χ2n) is 3.02. The molecule has 1 heterocycles. The monoisotopic (exact) mass is 337 g/mol. The van der Waals surface area contributed by atoms with Crippen LogP contribution in [0.3, 0.4) is 0 Å². The summed E-state index contributed by atoms with van der Waals surface area (Å²) in [6.45, 7) is 1.05. The van der Waals surface area contributed by atoms with E-state index in [1.165, 1.54) is 0 Å². The van der Waals surface area contributed by atoms with Gasteiger partial charge in [0.25, 0.3) is 0 Å². The van der Waals surface area contributed by atoms with E-state index in [2.05, 4.69) is 42.2 Å². The fourth-order valence-electron chi connectivity index (χ4n) is 1.08. The largest absolute Gasteiger partial charge is 0.383 e. The van der Waals surface area contributed by atoms with Crippen molar-refractivity contribution in [3.05, 3.63) is 21.2 Å². The standard InChI is InChI=1S/C9H13Br2N3O/c1-15-5-7(3-12)14-9-8(11)2-6(10)4-13-9/h2,4,7H,3,5,12H2,1H3,(H,13,14). The van der Waals surface area contributed by atoms with Crippen LogP contribution in [0.4, 0.5) is 5.82 Å². The molecular weight excluding hydrogens is 326 g/mol. The van der Waals surface area contributed by atoms with E-state index in [1.54, 1.807) is 13.3 Å². The minimum absolute atomic E-state index is 0.0694. The molecule has 0 aliphatic carbocycles. The van der Waals surface area contributed by atoms with E-state index < -0.39 is 0 Å². The molecule has 0 fully saturated rings. The second-order valence-corrected chi connectivity index (χ2v) is 4.79. The van der Waals surface area contributed by atoms with Crippen LogP contribution in [-0.2, 0) is 4.74 Å². The average molecular weight is 339 g/mol. The minimum Gasteiger partial charge on any atom is -0.383 e. The molecular formula is C9H13Br2N3O. The van der Waals surface area contributed by atoms with Crippen molar-refractivity contribution >= 4 is 37.7 Å². The van der Waals surface area contributed by atoms with Crippen LogP contribution in [0, 0.1) is 0 Å². The summed E-state index contributed by atoms with van der Waals surface area (Å²) in [6, 6.07) is 2.00. The second kappa shape index (κ2) is 6.42. The van der Waals surface area contributed by atoms with Gasteiger partial charge in [-0.1, -0.05) is 0 Å². The Morgan fingerprint density at radius 2 is 2.33 bits per heavy atom. The molecule has 0 saturated heterocycles. The Morgan fingerprint density at radius 3 is 2.87 bits per heavy atom. The highest BCUT2D eigenvalue weighted by Crippen LogP contribution is 2.23. The number of nitrogens with one attached hydrogen (secondary N) is 1. The maximum atomic E-state index is 5.59. The van der Waals surface area contributed by atoms with Crippen molar-refractivity contribution in [3.8, 4) is 0 Å². The van der Waals surface area contributed by atoms with Crippen LogP contribution < -0.4 is 11.1 Å². The van der Waals surface area contributed by atoms with Gasteiger partial charge in [0, 0.05) is 24.3 Å². The van der Waals surface area contributed by atoms with Gasteiger partial charge in [0.05, 0.1) is 17.1 Å². The van der Waals surface area contributed by atoms with Crippen molar-refractivity contribution in [2.45, 2.75) is 6.04 Å². The normalized spacial score (nSPS) is 12.5. The molecule has 0 spiro atoms. The molecule has 0 amide bonds. The van der Waals surface area contributed by atoms with Gasteiger partial charge in [-0.15, -0.1) is 0 Å². The smallest absolute Gasteiger partial charge is 0.140 e. The number of rotatable bonds is 5. The van der Waals surface area contributed by atoms with Gasteiger partial charge in [-0.2, -0.15) is 0 Å². The van der Waals surface area contributed by atoms with Gasteiger partial charge < -0.3 is 15.8 Å². The molecule has 0 saturated carbocycles. The van der Waals surface area contributed by atoms with Gasteiger partial charge in [-0.3, -0.25) is 0 Å². The third-order valence-corrected chi connectivity index (χ3v) is 2.84. The van der Waals surface area contributed by atoms with Gasteiger partial charge in [-0.25, -0.2) is 4.98 Å². The molecule has 1 aromatic heterocycles. The first-order valence-electron chi connectivity index (χ1n) is 4.44. The van der Waals surface area contributed by atoms with Crippen LogP contribution in [-0.4, -0.2) is 31.3 Å². The lowest BCUT2D eigenvalue weighted by molar-refractivity contribution is 0.187. The molecule has 0 aromatic carbocycles. The highest BCUT2D eigenvalue weighted by molar-refractivity contribution is 9.11. The van der Waals surface area contributed by atoms with Gasteiger partial charge >= 0.3 is 0 Å². The predicted octanol–water partition coefficient (Wildman–Crippen LogP) is 1.99. The van der Waals surface area contributed by atoms with E-state index in [-0.39, 0.29) is 6.04 Å². The number of halogens is 2. The Bertz CT molecular complexity index is 322. The van der Waals surface area contributed by atoms with Crippen LogP contribution in [0.2, 0.25) is 0 Å². The Labute approximate surface area is 106 Å². The zero-order chi connectivity index (χ0) is 11.3. The van der Waals surface area contributed by atoms with Crippen LogP contribution in [0.25, 0.3) is 0 Å². The first-order chi connectivity index (χ1) is 7.17. The minimum atomic E-state index is 0.0694. The number of nitrogens with two attached hydrogens (primary N) is 1. The summed E-state index contributed by atoms with van der Waals surface area (Å²) in [7, 11) is 1.65. The molecule has 0 aliphatic heterocycles. The molecule has 3 N–H and O–H groups in total. The van der Waals surface area contributed by atoms with Crippen molar-refractivity contribution in [1.82, 2.24) is 4.98 Å². The van der Waals surface area contributed by atoms with Crippen molar-refractivity contribution in [2.75, 3.05) is 25.6 Å². The first kappa shape index (κ1) is 12.9. The molecule has 0 aliphatic rings. The van der Waals surface area contributed by atoms with Gasteiger partial charge in [0.15, 0.2) is 0 Å². The fourth-order valence-corrected chi connectivity index (χ4v) is 2.19. The van der Waals surface area contributed by atoms with Crippen LogP contribution >= 0.6 is 31.9 Å². The number of hydrogen-bond acceptors (Lipinski definition) is 4. The molecule has 15 heavy (non-hydrogen) atoms. The highest BCUT2D eigenvalue weighted by atomic mass is 79.9. The number of ether oxygens (including phenoxy) is 1. The third-order valence-electron chi connectivity index (χ3n) is 1.80. The van der Waals surface area contributed by atoms with Crippen LogP contribution in [0.1, 0.15) is 0 Å². The molecule has 84 valence electrons. The summed E-state index contributed by atoms with van der Waals surface area (Å²) in [5.41, 5.74) is 5.59. The van der Waals surface area contributed by atoms with E-state index in [4.69, 9.17) is 10.5 Å². The van der Waals surface area contributed by atoms with E-state index >= 15 is 0 Å². The van der Waals surface area contributed by atoms with Crippen LogP contribution in [0.5, 0.6) is 0 Å². The number of nitrogens with zero attached hydrogens (tertiary/aromatic N) is 1. The summed E-state index contributed by atoms with van der Waals surface area (Å²) in [5.74, 6) is 0.769. The molecule has 0 bridgehead atoms. The van der Waals surface area contributed by atoms with Gasteiger partial charge in [0.2, 0.25) is 0 Å². The quantitative estimate of drug-likeness (QED) is 0.862. The lowest BCUT2D eigenvalue weighted by Crippen LogP contribution is -2.33. The lowest BCUT2D eigenvalue weighted by atomic mass is 10.3. The summed E-state index contributed by atoms with van der Waals surface area (Å²) < 4.78 is 6.86.